The van der Waals surface area contributed by atoms with Gasteiger partial charge in [0.15, 0.2) is 11.5 Å². The minimum atomic E-state index is -0.412. The normalized spacial score (nSPS) is 15.0. The Morgan fingerprint density at radius 3 is 2.69 bits per heavy atom. The van der Waals surface area contributed by atoms with Crippen LogP contribution in [-0.4, -0.2) is 45.7 Å². The number of H-pyrrole nitrogens is 1. The Morgan fingerprint density at radius 1 is 1.25 bits per heavy atom. The van der Waals surface area contributed by atoms with Crippen molar-refractivity contribution in [3.05, 3.63) is 41.8 Å². The maximum atomic E-state index is 13.4. The molecule has 3 heterocycles. The summed E-state index contributed by atoms with van der Waals surface area (Å²) >= 11 is 6.18. The predicted molar refractivity (Wildman–Crippen MR) is 123 cm³/mol. The molecule has 1 aliphatic heterocycles. The number of anilines is 1. The van der Waals surface area contributed by atoms with Crippen LogP contribution in [-0.2, 0) is 0 Å². The van der Waals surface area contributed by atoms with Crippen molar-refractivity contribution in [3.63, 3.8) is 0 Å². The molecule has 0 spiro atoms. The maximum Gasteiger partial charge on any atom is 0.274 e. The number of carbonyl (C=O) groups is 1. The Morgan fingerprint density at radius 2 is 2.00 bits per heavy atom. The van der Waals surface area contributed by atoms with Crippen LogP contribution in [0.2, 0.25) is 0 Å². The van der Waals surface area contributed by atoms with Crippen LogP contribution in [0.1, 0.15) is 35.8 Å². The summed E-state index contributed by atoms with van der Waals surface area (Å²) in [5.74, 6) is -0.947. The highest BCUT2D eigenvalue weighted by Crippen LogP contribution is 2.46. The Hall–Kier alpha value is -3.52. The SMILES string of the molecule is CC.COc1c(O)c(O)cc2cc(C(=O)N3CC(CCl)c4c3cc(O)c3ccoc43)[nH]c12. The van der Waals surface area contributed by atoms with E-state index in [1.807, 2.05) is 13.8 Å². The molecular weight excluding hydrogens is 436 g/mol. The molecule has 2 aromatic heterocycles. The lowest BCUT2D eigenvalue weighted by Gasteiger charge is -2.17. The maximum absolute atomic E-state index is 13.4. The molecule has 8 nitrogen and oxygen atoms in total. The van der Waals surface area contributed by atoms with Gasteiger partial charge in [-0.2, -0.15) is 0 Å². The molecule has 0 bridgehead atoms. The van der Waals surface area contributed by atoms with Gasteiger partial charge in [-0.25, -0.2) is 0 Å². The molecule has 4 aromatic rings. The molecule has 1 amide bonds. The number of nitrogens with zero attached hydrogens (tertiary/aromatic N) is 1. The molecule has 2 aromatic carbocycles. The topological polar surface area (TPSA) is 119 Å². The number of phenols is 3. The van der Waals surface area contributed by atoms with Crippen LogP contribution in [0.15, 0.2) is 34.9 Å². The number of alkyl halides is 1. The van der Waals surface area contributed by atoms with Crippen LogP contribution in [0.3, 0.4) is 0 Å². The third-order valence-corrected chi connectivity index (χ3v) is 5.90. The molecule has 1 unspecified atom stereocenters. The molecule has 4 N–H and O–H groups in total. The second kappa shape index (κ2) is 8.20. The molecule has 9 heteroatoms. The van der Waals surface area contributed by atoms with Crippen molar-refractivity contribution in [2.45, 2.75) is 19.8 Å². The molecule has 32 heavy (non-hydrogen) atoms. The second-order valence-corrected chi connectivity index (χ2v) is 7.49. The van der Waals surface area contributed by atoms with Crippen LogP contribution < -0.4 is 9.64 Å². The van der Waals surface area contributed by atoms with Gasteiger partial charge in [-0.15, -0.1) is 11.6 Å². The lowest BCUT2D eigenvalue weighted by molar-refractivity contribution is 0.0984. The van der Waals surface area contributed by atoms with E-state index in [0.717, 1.165) is 5.56 Å². The highest BCUT2D eigenvalue weighted by atomic mass is 35.5. The molecule has 0 saturated carbocycles. The van der Waals surface area contributed by atoms with Gasteiger partial charge in [0, 0.05) is 35.4 Å². The molecule has 0 aliphatic carbocycles. The summed E-state index contributed by atoms with van der Waals surface area (Å²) in [5, 5.41) is 31.4. The third kappa shape index (κ3) is 3.10. The van der Waals surface area contributed by atoms with Gasteiger partial charge in [0.2, 0.25) is 5.75 Å². The standard InChI is InChI=1S/C21H17ClN2O6.C2H6/c1-29-20-17-9(5-15(26)18(20)27)4-12(23-17)21(28)24-8-10(7-22)16-13(24)6-14(25)11-2-3-30-19(11)16;1-2/h2-6,10,23,25-27H,7-8H2,1H3;1-2H3. The van der Waals surface area contributed by atoms with E-state index >= 15 is 0 Å². The number of hydrogen-bond donors (Lipinski definition) is 4. The molecular formula is C23H23ClN2O6. The van der Waals surface area contributed by atoms with Gasteiger partial charge in [-0.1, -0.05) is 13.8 Å². The van der Waals surface area contributed by atoms with Gasteiger partial charge in [0.1, 0.15) is 17.0 Å². The Kier molecular flexibility index (Phi) is 5.56. The zero-order valence-corrected chi connectivity index (χ0v) is 18.5. The van der Waals surface area contributed by atoms with Gasteiger partial charge in [0.05, 0.1) is 30.0 Å². The van der Waals surface area contributed by atoms with Gasteiger partial charge < -0.3 is 34.4 Å². The lowest BCUT2D eigenvalue weighted by atomic mass is 10.0. The van der Waals surface area contributed by atoms with E-state index in [1.165, 1.54) is 24.3 Å². The molecule has 0 radical (unpaired) electrons. The number of aromatic nitrogens is 1. The summed E-state index contributed by atoms with van der Waals surface area (Å²) in [6.45, 7) is 4.32. The van der Waals surface area contributed by atoms with Crippen molar-refractivity contribution < 1.29 is 29.3 Å². The predicted octanol–water partition coefficient (Wildman–Crippen LogP) is 5.05. The van der Waals surface area contributed by atoms with Crippen molar-refractivity contribution in [2.24, 2.45) is 0 Å². The van der Waals surface area contributed by atoms with Crippen LogP contribution >= 0.6 is 11.6 Å². The number of halogens is 1. The molecule has 1 atom stereocenters. The minimum Gasteiger partial charge on any atom is -0.507 e. The van der Waals surface area contributed by atoms with E-state index in [2.05, 4.69) is 4.98 Å². The van der Waals surface area contributed by atoms with E-state index in [9.17, 15) is 20.1 Å². The number of aromatic amines is 1. The van der Waals surface area contributed by atoms with Crippen LogP contribution in [0, 0.1) is 0 Å². The van der Waals surface area contributed by atoms with E-state index < -0.39 is 5.75 Å². The minimum absolute atomic E-state index is 0.0127. The summed E-state index contributed by atoms with van der Waals surface area (Å²) in [4.78, 5) is 17.9. The van der Waals surface area contributed by atoms with Gasteiger partial charge in [0.25, 0.3) is 5.91 Å². The number of hydrogen-bond acceptors (Lipinski definition) is 6. The molecule has 5 rings (SSSR count). The molecule has 1 aliphatic rings. The fraction of sp³-hybridized carbons (Fsp3) is 0.261. The van der Waals surface area contributed by atoms with Crippen molar-refractivity contribution in [3.8, 4) is 23.0 Å². The first-order valence-corrected chi connectivity index (χ1v) is 10.7. The largest absolute Gasteiger partial charge is 0.507 e. The number of ether oxygens (including phenoxy) is 1. The highest BCUT2D eigenvalue weighted by Gasteiger charge is 2.36. The van der Waals surface area contributed by atoms with Crippen molar-refractivity contribution in [1.29, 1.82) is 0 Å². The number of furan rings is 1. The number of phenolic OH excluding ortho intramolecular Hbond substituents is 3. The first-order valence-electron chi connectivity index (χ1n) is 10.2. The van der Waals surface area contributed by atoms with Crippen molar-refractivity contribution in [2.75, 3.05) is 24.4 Å². The second-order valence-electron chi connectivity index (χ2n) is 7.18. The van der Waals surface area contributed by atoms with E-state index in [1.54, 1.807) is 18.2 Å². The quantitative estimate of drug-likeness (QED) is 0.252. The van der Waals surface area contributed by atoms with Gasteiger partial charge in [-0.05, 0) is 18.2 Å². The highest BCUT2D eigenvalue weighted by molar-refractivity contribution is 6.19. The zero-order chi connectivity index (χ0) is 23.2. The van der Waals surface area contributed by atoms with E-state index in [0.29, 0.717) is 34.1 Å². The number of nitrogens with one attached hydrogen (secondary N) is 1. The summed E-state index contributed by atoms with van der Waals surface area (Å²) in [7, 11) is 1.36. The summed E-state index contributed by atoms with van der Waals surface area (Å²) in [6, 6.07) is 6.12. The fourth-order valence-electron chi connectivity index (χ4n) is 4.15. The van der Waals surface area contributed by atoms with Gasteiger partial charge in [-0.3, -0.25) is 4.79 Å². The van der Waals surface area contributed by atoms with E-state index in [-0.39, 0.29) is 40.6 Å². The number of amides is 1. The van der Waals surface area contributed by atoms with Gasteiger partial charge >= 0.3 is 0 Å². The first kappa shape index (κ1) is 21.7. The van der Waals surface area contributed by atoms with Crippen molar-refractivity contribution >= 4 is 45.1 Å². The third-order valence-electron chi connectivity index (χ3n) is 5.53. The molecule has 168 valence electrons. The number of carbonyl (C=O) groups excluding carboxylic acids is 1. The lowest BCUT2D eigenvalue weighted by Crippen LogP contribution is -2.30. The summed E-state index contributed by atoms with van der Waals surface area (Å²) < 4.78 is 10.7. The van der Waals surface area contributed by atoms with Crippen molar-refractivity contribution in [1.82, 2.24) is 4.98 Å². The number of aromatic hydroxyl groups is 3. The average molecular weight is 459 g/mol. The zero-order valence-electron chi connectivity index (χ0n) is 17.8. The smallest absolute Gasteiger partial charge is 0.274 e. The van der Waals surface area contributed by atoms with E-state index in [4.69, 9.17) is 20.8 Å². The fourth-order valence-corrected chi connectivity index (χ4v) is 4.40. The first-order chi connectivity index (χ1) is 15.4. The Balaban J connectivity index is 0.00000119. The summed E-state index contributed by atoms with van der Waals surface area (Å²) in [6.07, 6.45) is 1.49. The number of benzene rings is 2. The van der Waals surface area contributed by atoms with Crippen LogP contribution in [0.25, 0.3) is 21.9 Å². The number of rotatable bonds is 3. The Labute approximate surface area is 188 Å². The average Bonchev–Trinajstić information content (AvgIpc) is 3.52. The summed E-state index contributed by atoms with van der Waals surface area (Å²) in [5.41, 5.74) is 2.43. The molecule has 0 saturated heterocycles. The number of methoxy groups -OCH3 is 1. The van der Waals surface area contributed by atoms with Crippen LogP contribution in [0.4, 0.5) is 5.69 Å². The number of fused-ring (bicyclic) bond motifs is 4. The van der Waals surface area contributed by atoms with Crippen LogP contribution in [0.5, 0.6) is 23.0 Å². The monoisotopic (exact) mass is 458 g/mol. The Bertz CT molecular complexity index is 1330. The molecule has 0 fully saturated rings.